The molecular weight excluding hydrogens is 771 g/mol. The molecular formula is C56H33N7. The second-order valence-corrected chi connectivity index (χ2v) is 16.5. The molecule has 14 rings (SSSR count). The van der Waals surface area contributed by atoms with Crippen LogP contribution in [0.15, 0.2) is 170 Å². The minimum Gasteiger partial charge on any atom is -0.339 e. The van der Waals surface area contributed by atoms with E-state index in [0.29, 0.717) is 40.1 Å². The first-order valence-electron chi connectivity index (χ1n) is 22.5. The summed E-state index contributed by atoms with van der Waals surface area (Å²) < 4.78 is 24.7. The zero-order chi connectivity index (χ0) is 43.8. The Kier molecular flexibility index (Phi) is 6.34. The third-order valence-electron chi connectivity index (χ3n) is 12.8. The molecule has 0 saturated heterocycles. The van der Waals surface area contributed by atoms with Gasteiger partial charge >= 0.3 is 0 Å². The molecule has 2 N–H and O–H groups in total. The van der Waals surface area contributed by atoms with Gasteiger partial charge in [0, 0.05) is 53.5 Å². The Balaban J connectivity index is 1.23. The second-order valence-electron chi connectivity index (χ2n) is 16.5. The van der Waals surface area contributed by atoms with Crippen molar-refractivity contribution >= 4 is 87.1 Å². The Labute approximate surface area is 363 Å². The fourth-order valence-corrected chi connectivity index (χ4v) is 9.72. The molecule has 7 nitrogen and oxygen atoms in total. The normalized spacial score (nSPS) is 13.1. The molecule has 3 aromatic heterocycles. The summed E-state index contributed by atoms with van der Waals surface area (Å²) in [7, 11) is 0. The van der Waals surface area contributed by atoms with Crippen LogP contribution in [0.4, 0.5) is 0 Å². The van der Waals surface area contributed by atoms with Gasteiger partial charge in [-0.3, -0.25) is 0 Å². The van der Waals surface area contributed by atoms with Crippen molar-refractivity contribution in [3.63, 3.8) is 0 Å². The van der Waals surface area contributed by atoms with Gasteiger partial charge in [0.25, 0.3) is 0 Å². The second kappa shape index (κ2) is 12.7. The van der Waals surface area contributed by atoms with Crippen LogP contribution in [0, 0.1) is 6.85 Å². The Hall–Kier alpha value is -8.55. The summed E-state index contributed by atoms with van der Waals surface area (Å²) in [4.78, 5) is 34.6. The predicted molar refractivity (Wildman–Crippen MR) is 258 cm³/mol. The average molecular weight is 807 g/mol. The number of nitrogens with one attached hydrogen (secondary N) is 2. The van der Waals surface area contributed by atoms with Gasteiger partial charge in [0.1, 0.15) is 16.9 Å². The quantitative estimate of drug-likeness (QED) is 0.172. The summed E-state index contributed by atoms with van der Waals surface area (Å²) in [5, 5.41) is 12.2. The fourth-order valence-electron chi connectivity index (χ4n) is 9.72. The van der Waals surface area contributed by atoms with Gasteiger partial charge in [0.05, 0.1) is 11.2 Å². The van der Waals surface area contributed by atoms with Crippen molar-refractivity contribution in [3.8, 4) is 56.5 Å². The molecule has 12 aromatic rings. The van der Waals surface area contributed by atoms with Crippen LogP contribution in [0.1, 0.15) is 9.68 Å². The van der Waals surface area contributed by atoms with Crippen LogP contribution in [0.5, 0.6) is 0 Å². The third kappa shape index (κ3) is 5.17. The van der Waals surface area contributed by atoms with E-state index >= 15 is 0 Å². The van der Waals surface area contributed by atoms with Crippen LogP contribution in [-0.2, 0) is 0 Å². The summed E-state index contributed by atoms with van der Waals surface area (Å²) in [6.07, 6.45) is 0. The maximum Gasteiger partial charge on any atom is 0.164 e. The number of hydrogen-bond donors (Lipinski definition) is 2. The highest BCUT2D eigenvalue weighted by atomic mass is 15.0. The largest absolute Gasteiger partial charge is 0.339 e. The molecule has 63 heavy (non-hydrogen) atoms. The first kappa shape index (κ1) is 31.3. The molecule has 2 aliphatic heterocycles. The van der Waals surface area contributed by atoms with E-state index in [-0.39, 0.29) is 5.56 Å². The number of nitrogens with zero attached hydrogens (tertiary/aromatic N) is 5. The summed E-state index contributed by atoms with van der Waals surface area (Å²) >= 11 is 0. The number of fused-ring (bicyclic) bond motifs is 24. The lowest BCUT2D eigenvalue weighted by atomic mass is 9.94. The van der Waals surface area contributed by atoms with Crippen LogP contribution >= 0.6 is 0 Å². The number of aryl methyl sites for hydroxylation is 1. The highest BCUT2D eigenvalue weighted by Crippen LogP contribution is 2.46. The van der Waals surface area contributed by atoms with E-state index in [0.717, 1.165) is 104 Å². The van der Waals surface area contributed by atoms with Gasteiger partial charge < -0.3 is 9.97 Å². The zero-order valence-electron chi connectivity index (χ0n) is 36.4. The first-order chi connectivity index (χ1) is 32.3. The molecule has 2 aliphatic rings. The van der Waals surface area contributed by atoms with Gasteiger partial charge in [0.15, 0.2) is 17.5 Å². The molecule has 0 amide bonds. The van der Waals surface area contributed by atoms with E-state index in [9.17, 15) is 0 Å². The number of hydrogen-bond acceptors (Lipinski definition) is 5. The molecule has 5 heterocycles. The molecule has 0 radical (unpaired) electrons. The van der Waals surface area contributed by atoms with Crippen molar-refractivity contribution in [2.45, 2.75) is 6.85 Å². The van der Waals surface area contributed by atoms with Gasteiger partial charge in [-0.15, -0.1) is 0 Å². The van der Waals surface area contributed by atoms with Crippen molar-refractivity contribution < 1.29 is 4.11 Å². The number of H-pyrrole nitrogens is 2. The van der Waals surface area contributed by atoms with Gasteiger partial charge in [-0.25, -0.2) is 24.9 Å². The lowest BCUT2D eigenvalue weighted by molar-refractivity contribution is 1.21. The van der Waals surface area contributed by atoms with E-state index in [4.69, 9.17) is 29.0 Å². The van der Waals surface area contributed by atoms with Crippen molar-refractivity contribution in [3.05, 3.63) is 175 Å². The number of benzene rings is 9. The van der Waals surface area contributed by atoms with Gasteiger partial charge in [-0.1, -0.05) is 127 Å². The smallest absolute Gasteiger partial charge is 0.164 e. The third-order valence-corrected chi connectivity index (χ3v) is 12.8. The monoisotopic (exact) mass is 806 g/mol. The number of rotatable bonds is 1. The SMILES string of the molecule is [2H]C([2H])([2H])c1ccc(-c2c3nc(nc4[nH]c(nc5nc(nc6[nH]c2c2cc7ccccc7cc62)-c2cc6ccccc6cc2-5)c2cc5ccccc5cc42)-c2cc4ccccc4cc2-3)cc1. The first-order valence-corrected chi connectivity index (χ1v) is 21.0. The summed E-state index contributed by atoms with van der Waals surface area (Å²) in [6, 6.07) is 57.8. The molecule has 9 aromatic carbocycles. The van der Waals surface area contributed by atoms with Crippen molar-refractivity contribution in [2.75, 3.05) is 0 Å². The Morgan fingerprint density at radius 3 is 1.22 bits per heavy atom. The average Bonchev–Trinajstić information content (AvgIpc) is 4.06. The molecule has 0 spiro atoms. The van der Waals surface area contributed by atoms with E-state index in [2.05, 4.69) is 107 Å². The fraction of sp³-hybridized carbons (Fsp3) is 0.0179. The van der Waals surface area contributed by atoms with Gasteiger partial charge in [0.2, 0.25) is 0 Å². The summed E-state index contributed by atoms with van der Waals surface area (Å²) in [5.41, 5.74) is 8.70. The highest BCUT2D eigenvalue weighted by Gasteiger charge is 2.26. The van der Waals surface area contributed by atoms with Crippen molar-refractivity contribution in [1.29, 1.82) is 0 Å². The predicted octanol–water partition coefficient (Wildman–Crippen LogP) is 14.1. The lowest BCUT2D eigenvalue weighted by Gasteiger charge is -2.09. The molecule has 0 unspecified atom stereocenters. The molecule has 0 atom stereocenters. The molecule has 8 bridgehead atoms. The van der Waals surface area contributed by atoms with Gasteiger partial charge in [-0.05, 0) is 104 Å². The number of aromatic amines is 2. The van der Waals surface area contributed by atoms with Crippen LogP contribution in [0.2, 0.25) is 0 Å². The molecule has 7 heteroatoms. The Morgan fingerprint density at radius 2 is 0.746 bits per heavy atom. The maximum absolute atomic E-state index is 8.23. The van der Waals surface area contributed by atoms with Crippen molar-refractivity contribution in [2.24, 2.45) is 0 Å². The van der Waals surface area contributed by atoms with E-state index in [1.165, 1.54) is 0 Å². The highest BCUT2D eigenvalue weighted by molar-refractivity contribution is 6.18. The summed E-state index contributed by atoms with van der Waals surface area (Å²) in [6.45, 7) is -2.28. The lowest BCUT2D eigenvalue weighted by Crippen LogP contribution is -1.87. The van der Waals surface area contributed by atoms with E-state index in [1.807, 2.05) is 60.7 Å². The zero-order valence-corrected chi connectivity index (χ0v) is 33.4. The Bertz CT molecular complexity index is 4280. The topological polar surface area (TPSA) is 96.0 Å². The molecule has 0 fully saturated rings. The molecule has 0 saturated carbocycles. The molecule has 0 aliphatic carbocycles. The minimum atomic E-state index is -2.28. The van der Waals surface area contributed by atoms with Crippen LogP contribution < -0.4 is 0 Å². The minimum absolute atomic E-state index is 0.255. The Morgan fingerprint density at radius 1 is 0.365 bits per heavy atom. The van der Waals surface area contributed by atoms with E-state index < -0.39 is 6.85 Å². The maximum atomic E-state index is 8.23. The summed E-state index contributed by atoms with van der Waals surface area (Å²) in [5.74, 6) is 1.61. The van der Waals surface area contributed by atoms with Crippen LogP contribution in [0.3, 0.4) is 0 Å². The van der Waals surface area contributed by atoms with E-state index in [1.54, 1.807) is 12.1 Å². The van der Waals surface area contributed by atoms with Crippen LogP contribution in [-0.4, -0.2) is 34.9 Å². The van der Waals surface area contributed by atoms with Crippen LogP contribution in [0.25, 0.3) is 144 Å². The number of aromatic nitrogens is 7. The van der Waals surface area contributed by atoms with Crippen molar-refractivity contribution in [1.82, 2.24) is 34.9 Å². The molecule has 292 valence electrons. The standard InChI is InChI=1S/C56H33N7/c1-30-18-20-31(21-19-30)48-49-40-22-32-10-2-4-12-34(32)24-42(40)51(57-49)59-53-44-26-36-14-6-8-16-38(36)28-46(44)55(61-53)63-56-47-29-39-17-9-7-15-37(39)27-45(47)54(62-56)60-52-43-25-35-13-5-3-11-33(35)23-41(43)50(48)58-52/h2-29H,1H3,(H2,57,58,59,60,61,62,63)/i1D3. The van der Waals surface area contributed by atoms with Gasteiger partial charge in [-0.2, -0.15) is 0 Å².